The molecule has 1 aliphatic rings. The van der Waals surface area contributed by atoms with Crippen molar-refractivity contribution in [2.75, 3.05) is 32.6 Å². The first-order valence-electron chi connectivity index (χ1n) is 10.5. The lowest BCUT2D eigenvalue weighted by molar-refractivity contribution is -0.124. The zero-order chi connectivity index (χ0) is 24.2. The van der Waals surface area contributed by atoms with Gasteiger partial charge in [-0.15, -0.1) is 0 Å². The molecule has 1 fully saturated rings. The van der Waals surface area contributed by atoms with E-state index in [0.29, 0.717) is 41.2 Å². The van der Waals surface area contributed by atoms with Crippen LogP contribution in [-0.4, -0.2) is 60.2 Å². The van der Waals surface area contributed by atoms with Gasteiger partial charge in [0.2, 0.25) is 5.91 Å². The third-order valence-electron chi connectivity index (χ3n) is 5.57. The van der Waals surface area contributed by atoms with Gasteiger partial charge in [0, 0.05) is 24.4 Å². The highest BCUT2D eigenvalue weighted by Gasteiger charge is 2.36. The third-order valence-corrected chi connectivity index (χ3v) is 5.87. The molecule has 1 aliphatic heterocycles. The summed E-state index contributed by atoms with van der Waals surface area (Å²) in [5, 5.41) is 14.8. The summed E-state index contributed by atoms with van der Waals surface area (Å²) in [6.07, 6.45) is 1.52. The quantitative estimate of drug-likeness (QED) is 0.491. The number of ether oxygens (including phenoxy) is 2. The number of nitriles is 1. The largest absolute Gasteiger partial charge is 0.493 e. The van der Waals surface area contributed by atoms with E-state index in [9.17, 15) is 9.18 Å². The minimum absolute atomic E-state index is 0.00670. The van der Waals surface area contributed by atoms with Gasteiger partial charge in [-0.25, -0.2) is 14.4 Å². The summed E-state index contributed by atoms with van der Waals surface area (Å²) in [6, 6.07) is 9.58. The summed E-state index contributed by atoms with van der Waals surface area (Å²) < 4.78 is 26.2. The molecule has 3 aromatic rings. The van der Waals surface area contributed by atoms with Crippen LogP contribution in [0.4, 0.5) is 15.9 Å². The lowest BCUT2D eigenvalue weighted by Crippen LogP contribution is -2.41. The van der Waals surface area contributed by atoms with Crippen molar-refractivity contribution in [3.63, 3.8) is 0 Å². The van der Waals surface area contributed by atoms with Gasteiger partial charge < -0.3 is 20.1 Å². The highest BCUT2D eigenvalue weighted by Crippen LogP contribution is 2.37. The predicted molar refractivity (Wildman–Crippen MR) is 125 cm³/mol. The molecule has 1 amide bonds. The molecular weight excluding hydrogens is 463 g/mol. The number of carbonyl (C=O) groups excluding carboxylic acids is 1. The van der Waals surface area contributed by atoms with E-state index in [1.807, 2.05) is 18.0 Å². The van der Waals surface area contributed by atoms with Gasteiger partial charge in [0.05, 0.1) is 35.4 Å². The molecule has 1 saturated heterocycles. The number of fused-ring (bicyclic) bond motifs is 1. The molecular formula is C23H22ClFN6O3. The second-order valence-corrected chi connectivity index (χ2v) is 8.18. The number of nitrogens with one attached hydrogen (secondary N) is 2. The maximum Gasteiger partial charge on any atom is 0.238 e. The van der Waals surface area contributed by atoms with Gasteiger partial charge in [-0.2, -0.15) is 5.26 Å². The molecule has 0 unspecified atom stereocenters. The molecule has 0 radical (unpaired) electrons. The number of rotatable bonds is 7. The maximum absolute atomic E-state index is 14.4. The summed E-state index contributed by atoms with van der Waals surface area (Å²) in [5.74, 6) is 0.470. The molecule has 0 spiro atoms. The van der Waals surface area contributed by atoms with Crippen LogP contribution >= 0.6 is 11.6 Å². The first-order chi connectivity index (χ1) is 16.4. The van der Waals surface area contributed by atoms with E-state index in [0.717, 1.165) is 0 Å². The number of benzene rings is 2. The Morgan fingerprint density at radius 3 is 2.94 bits per heavy atom. The number of hydrogen-bond acceptors (Lipinski definition) is 8. The normalized spacial score (nSPS) is 17.9. The van der Waals surface area contributed by atoms with E-state index in [-0.39, 0.29) is 29.3 Å². The second kappa shape index (κ2) is 10.1. The highest BCUT2D eigenvalue weighted by atomic mass is 35.5. The van der Waals surface area contributed by atoms with E-state index in [1.54, 1.807) is 24.3 Å². The van der Waals surface area contributed by atoms with Gasteiger partial charge >= 0.3 is 0 Å². The van der Waals surface area contributed by atoms with Crippen LogP contribution < -0.4 is 20.1 Å². The number of aromatic nitrogens is 2. The molecule has 1 aromatic heterocycles. The number of anilines is 2. The standard InChI is InChI=1S/C23H22ClFN6O3/c1-31-11-13(8-18(31)23(32)27-7-6-26)34-20-9-14-17(10-19(20)33-2)28-12-29-22(14)30-16-5-3-4-15(24)21(16)25/h3-5,9-10,12-13,18H,7-8,11H2,1-2H3,(H,27,32)(H,28,29,30)/t13-,18+/m1/s1. The summed E-state index contributed by atoms with van der Waals surface area (Å²) in [6.45, 7) is 0.464. The van der Waals surface area contributed by atoms with Crippen molar-refractivity contribution in [3.05, 3.63) is 47.5 Å². The molecule has 2 heterocycles. The number of nitrogens with zero attached hydrogens (tertiary/aromatic N) is 4. The van der Waals surface area contributed by atoms with Crippen LogP contribution in [0.25, 0.3) is 10.9 Å². The predicted octanol–water partition coefficient (Wildman–Crippen LogP) is 3.27. The molecule has 9 nitrogen and oxygen atoms in total. The summed E-state index contributed by atoms with van der Waals surface area (Å²) in [4.78, 5) is 22.8. The minimum Gasteiger partial charge on any atom is -0.493 e. The fourth-order valence-corrected chi connectivity index (χ4v) is 4.09. The fourth-order valence-electron chi connectivity index (χ4n) is 3.91. The summed E-state index contributed by atoms with van der Waals surface area (Å²) in [7, 11) is 3.35. The molecule has 2 N–H and O–H groups in total. The van der Waals surface area contributed by atoms with Gasteiger partial charge in [-0.1, -0.05) is 17.7 Å². The number of carbonyl (C=O) groups is 1. The Kier molecular flexibility index (Phi) is 6.95. The minimum atomic E-state index is -0.587. The van der Waals surface area contributed by atoms with Crippen LogP contribution in [0.3, 0.4) is 0 Å². The Morgan fingerprint density at radius 2 is 2.18 bits per heavy atom. The molecule has 0 bridgehead atoms. The fraction of sp³-hybridized carbons (Fsp3) is 0.304. The molecule has 2 aromatic carbocycles. The molecule has 11 heteroatoms. The zero-order valence-corrected chi connectivity index (χ0v) is 19.3. The SMILES string of the molecule is COc1cc2ncnc(Nc3cccc(Cl)c3F)c2cc1O[C@@H]1C[C@@H](C(=O)NCC#N)N(C)C1. The molecule has 176 valence electrons. The Labute approximate surface area is 200 Å². The second-order valence-electron chi connectivity index (χ2n) is 7.78. The first kappa shape index (κ1) is 23.5. The zero-order valence-electron chi connectivity index (χ0n) is 18.5. The third kappa shape index (κ3) is 4.81. The van der Waals surface area contributed by atoms with E-state index in [4.69, 9.17) is 26.3 Å². The highest BCUT2D eigenvalue weighted by molar-refractivity contribution is 6.31. The Hall–Kier alpha value is -3.68. The van der Waals surface area contributed by atoms with Crippen LogP contribution in [0.1, 0.15) is 6.42 Å². The monoisotopic (exact) mass is 484 g/mol. The maximum atomic E-state index is 14.4. The lowest BCUT2D eigenvalue weighted by atomic mass is 10.1. The number of methoxy groups -OCH3 is 1. The number of likely N-dealkylation sites (tertiary alicyclic amines) is 1. The van der Waals surface area contributed by atoms with Gasteiger partial charge in [-0.05, 0) is 25.2 Å². The van der Waals surface area contributed by atoms with Crippen molar-refractivity contribution in [3.8, 4) is 17.6 Å². The van der Waals surface area contributed by atoms with Crippen LogP contribution in [0.5, 0.6) is 11.5 Å². The number of halogens is 2. The molecule has 4 rings (SSSR count). The van der Waals surface area contributed by atoms with Crippen molar-refractivity contribution in [1.82, 2.24) is 20.2 Å². The summed E-state index contributed by atoms with van der Waals surface area (Å²) in [5.41, 5.74) is 0.746. The van der Waals surface area contributed by atoms with Crippen LogP contribution in [0, 0.1) is 17.1 Å². The van der Waals surface area contributed by atoms with Gasteiger partial charge in [0.25, 0.3) is 0 Å². The first-order valence-corrected chi connectivity index (χ1v) is 10.8. The Morgan fingerprint density at radius 1 is 1.35 bits per heavy atom. The topological polar surface area (TPSA) is 112 Å². The average Bonchev–Trinajstić information content (AvgIpc) is 3.20. The van der Waals surface area contributed by atoms with E-state index >= 15 is 0 Å². The number of likely N-dealkylation sites (N-methyl/N-ethyl adjacent to an activating group) is 1. The molecule has 34 heavy (non-hydrogen) atoms. The van der Waals surface area contributed by atoms with Crippen molar-refractivity contribution >= 4 is 39.9 Å². The molecule has 2 atom stereocenters. The van der Waals surface area contributed by atoms with E-state index < -0.39 is 11.9 Å². The van der Waals surface area contributed by atoms with Crippen molar-refractivity contribution in [2.24, 2.45) is 0 Å². The van der Waals surface area contributed by atoms with Crippen molar-refractivity contribution in [1.29, 1.82) is 5.26 Å². The van der Waals surface area contributed by atoms with Crippen LogP contribution in [-0.2, 0) is 4.79 Å². The van der Waals surface area contributed by atoms with Crippen molar-refractivity contribution < 1.29 is 18.7 Å². The summed E-state index contributed by atoms with van der Waals surface area (Å²) >= 11 is 5.90. The van der Waals surface area contributed by atoms with E-state index in [2.05, 4.69) is 20.6 Å². The van der Waals surface area contributed by atoms with Crippen LogP contribution in [0.2, 0.25) is 5.02 Å². The smallest absolute Gasteiger partial charge is 0.238 e. The molecule has 0 aliphatic carbocycles. The number of hydrogen-bond donors (Lipinski definition) is 2. The van der Waals surface area contributed by atoms with Crippen LogP contribution in [0.15, 0.2) is 36.7 Å². The van der Waals surface area contributed by atoms with E-state index in [1.165, 1.54) is 19.5 Å². The van der Waals surface area contributed by atoms with Crippen molar-refractivity contribution in [2.45, 2.75) is 18.6 Å². The van der Waals surface area contributed by atoms with Gasteiger partial charge in [-0.3, -0.25) is 9.69 Å². The number of amides is 1. The Bertz CT molecular complexity index is 1270. The molecule has 0 saturated carbocycles. The average molecular weight is 485 g/mol. The van der Waals surface area contributed by atoms with Gasteiger partial charge in [0.1, 0.15) is 24.8 Å². The Balaban J connectivity index is 1.62. The lowest BCUT2D eigenvalue weighted by Gasteiger charge is -2.17. The van der Waals surface area contributed by atoms with Gasteiger partial charge in [0.15, 0.2) is 17.3 Å².